The Morgan fingerprint density at radius 1 is 1.44 bits per heavy atom. The van der Waals surface area contributed by atoms with E-state index in [-0.39, 0.29) is 24.3 Å². The van der Waals surface area contributed by atoms with Crippen LogP contribution in [-0.2, 0) is 13.6 Å². The van der Waals surface area contributed by atoms with E-state index >= 15 is 0 Å². The Morgan fingerprint density at radius 2 is 2.12 bits per heavy atom. The van der Waals surface area contributed by atoms with Gasteiger partial charge in [0.25, 0.3) is 11.1 Å². The summed E-state index contributed by atoms with van der Waals surface area (Å²) in [4.78, 5) is 23.5. The molecule has 0 aliphatic heterocycles. The quantitative estimate of drug-likeness (QED) is 0.708. The highest BCUT2D eigenvalue weighted by atomic mass is 16.3. The maximum Gasteiger partial charge on any atom is 0.275 e. The summed E-state index contributed by atoms with van der Waals surface area (Å²) in [5.41, 5.74) is 0.725. The topological polar surface area (TPSA) is 80.0 Å². The van der Waals surface area contributed by atoms with E-state index in [1.807, 2.05) is 0 Å². The standard InChI is InChI=1S/C10H13N3O3/c1-6-9-7(11-12(2)10(9)16)5-8(15)13(6)3-4-14/h5,11,14H,3-4H2,1-2H3. The van der Waals surface area contributed by atoms with Gasteiger partial charge in [-0.3, -0.25) is 19.4 Å². The molecule has 2 rings (SSSR count). The van der Waals surface area contributed by atoms with Crippen molar-refractivity contribution in [2.24, 2.45) is 7.05 Å². The van der Waals surface area contributed by atoms with Gasteiger partial charge in [-0.05, 0) is 6.92 Å². The van der Waals surface area contributed by atoms with Gasteiger partial charge >= 0.3 is 0 Å². The predicted octanol–water partition coefficient (Wildman–Crippen LogP) is -0.671. The molecule has 0 unspecified atom stereocenters. The van der Waals surface area contributed by atoms with Crippen molar-refractivity contribution < 1.29 is 5.11 Å². The Bertz CT molecular complexity index is 648. The minimum atomic E-state index is -0.221. The van der Waals surface area contributed by atoms with E-state index in [9.17, 15) is 9.59 Å². The largest absolute Gasteiger partial charge is 0.395 e. The monoisotopic (exact) mass is 223 g/mol. The lowest BCUT2D eigenvalue weighted by Crippen LogP contribution is -2.24. The first-order chi connectivity index (χ1) is 7.56. The predicted molar refractivity (Wildman–Crippen MR) is 59.6 cm³/mol. The Labute approximate surface area is 90.7 Å². The highest BCUT2D eigenvalue weighted by molar-refractivity contribution is 5.79. The average molecular weight is 223 g/mol. The molecule has 0 aliphatic carbocycles. The summed E-state index contributed by atoms with van der Waals surface area (Å²) in [5, 5.41) is 12.2. The third-order valence-electron chi connectivity index (χ3n) is 2.70. The molecule has 0 aliphatic rings. The number of hydrogen-bond donors (Lipinski definition) is 2. The van der Waals surface area contributed by atoms with E-state index in [2.05, 4.69) is 5.10 Å². The molecule has 0 radical (unpaired) electrons. The van der Waals surface area contributed by atoms with Crippen LogP contribution in [0.15, 0.2) is 15.7 Å². The van der Waals surface area contributed by atoms with E-state index in [1.54, 1.807) is 14.0 Å². The van der Waals surface area contributed by atoms with E-state index < -0.39 is 0 Å². The Kier molecular flexibility index (Phi) is 2.43. The summed E-state index contributed by atoms with van der Waals surface area (Å²) in [6, 6.07) is 1.37. The summed E-state index contributed by atoms with van der Waals surface area (Å²) in [5.74, 6) is 0. The van der Waals surface area contributed by atoms with Gasteiger partial charge in [0.05, 0.1) is 17.5 Å². The molecular weight excluding hydrogens is 210 g/mol. The van der Waals surface area contributed by atoms with E-state index in [1.165, 1.54) is 15.3 Å². The second-order valence-electron chi connectivity index (χ2n) is 3.71. The first-order valence-corrected chi connectivity index (χ1v) is 4.96. The molecule has 0 saturated heterocycles. The van der Waals surface area contributed by atoms with Crippen molar-refractivity contribution in [1.82, 2.24) is 14.3 Å². The molecule has 0 spiro atoms. The van der Waals surface area contributed by atoms with Crippen LogP contribution in [0.3, 0.4) is 0 Å². The molecule has 0 atom stereocenters. The Hall–Kier alpha value is -1.82. The van der Waals surface area contributed by atoms with Crippen LogP contribution in [0, 0.1) is 6.92 Å². The van der Waals surface area contributed by atoms with Gasteiger partial charge in [0.1, 0.15) is 0 Å². The second kappa shape index (κ2) is 3.64. The van der Waals surface area contributed by atoms with Gasteiger partial charge in [-0.1, -0.05) is 0 Å². The van der Waals surface area contributed by atoms with Crippen molar-refractivity contribution >= 4 is 10.9 Å². The van der Waals surface area contributed by atoms with Crippen molar-refractivity contribution in [3.8, 4) is 0 Å². The maximum atomic E-state index is 11.8. The number of nitrogens with one attached hydrogen (secondary N) is 1. The molecule has 0 amide bonds. The molecule has 0 aromatic carbocycles. The fourth-order valence-electron chi connectivity index (χ4n) is 1.90. The number of aromatic amines is 1. The van der Waals surface area contributed by atoms with Crippen molar-refractivity contribution in [3.05, 3.63) is 32.5 Å². The van der Waals surface area contributed by atoms with Crippen LogP contribution in [0.5, 0.6) is 0 Å². The summed E-state index contributed by atoms with van der Waals surface area (Å²) >= 11 is 0. The molecule has 2 N–H and O–H groups in total. The lowest BCUT2D eigenvalue weighted by molar-refractivity contribution is 0.273. The number of aryl methyl sites for hydroxylation is 2. The molecule has 2 heterocycles. The number of aliphatic hydroxyl groups is 1. The number of pyridine rings is 1. The smallest absolute Gasteiger partial charge is 0.275 e. The van der Waals surface area contributed by atoms with E-state index in [0.717, 1.165) is 0 Å². The molecule has 6 heteroatoms. The summed E-state index contributed by atoms with van der Waals surface area (Å²) in [6.07, 6.45) is 0. The van der Waals surface area contributed by atoms with Crippen LogP contribution in [0.1, 0.15) is 5.69 Å². The van der Waals surface area contributed by atoms with Crippen molar-refractivity contribution in [3.63, 3.8) is 0 Å². The van der Waals surface area contributed by atoms with Crippen LogP contribution < -0.4 is 11.1 Å². The van der Waals surface area contributed by atoms with Gasteiger partial charge in [-0.2, -0.15) is 0 Å². The van der Waals surface area contributed by atoms with Crippen LogP contribution >= 0.6 is 0 Å². The van der Waals surface area contributed by atoms with Gasteiger partial charge in [-0.15, -0.1) is 0 Å². The number of rotatable bonds is 2. The zero-order chi connectivity index (χ0) is 11.9. The summed E-state index contributed by atoms with van der Waals surface area (Å²) in [7, 11) is 1.60. The minimum Gasteiger partial charge on any atom is -0.395 e. The molecular formula is C10H13N3O3. The summed E-state index contributed by atoms with van der Waals surface area (Å²) < 4.78 is 2.73. The van der Waals surface area contributed by atoms with E-state index in [0.29, 0.717) is 16.6 Å². The number of nitrogens with zero attached hydrogens (tertiary/aromatic N) is 2. The van der Waals surface area contributed by atoms with Gasteiger partial charge < -0.3 is 9.67 Å². The molecule has 2 aromatic rings. The van der Waals surface area contributed by atoms with Crippen LogP contribution in [0.25, 0.3) is 10.9 Å². The van der Waals surface area contributed by atoms with Crippen molar-refractivity contribution in [2.45, 2.75) is 13.5 Å². The molecule has 86 valence electrons. The van der Waals surface area contributed by atoms with Crippen LogP contribution in [0.4, 0.5) is 0 Å². The lowest BCUT2D eigenvalue weighted by atomic mass is 10.2. The highest BCUT2D eigenvalue weighted by Crippen LogP contribution is 2.09. The van der Waals surface area contributed by atoms with Crippen LogP contribution in [-0.4, -0.2) is 26.1 Å². The number of hydrogen-bond acceptors (Lipinski definition) is 3. The molecule has 2 aromatic heterocycles. The zero-order valence-corrected chi connectivity index (χ0v) is 9.15. The fourth-order valence-corrected chi connectivity index (χ4v) is 1.90. The molecule has 0 bridgehead atoms. The Balaban J connectivity index is 2.91. The molecule has 0 fully saturated rings. The fraction of sp³-hybridized carbons (Fsp3) is 0.400. The highest BCUT2D eigenvalue weighted by Gasteiger charge is 2.11. The van der Waals surface area contributed by atoms with Crippen molar-refractivity contribution in [1.29, 1.82) is 0 Å². The molecule has 6 nitrogen and oxygen atoms in total. The van der Waals surface area contributed by atoms with Gasteiger partial charge in [0.2, 0.25) is 0 Å². The zero-order valence-electron chi connectivity index (χ0n) is 9.15. The number of aliphatic hydroxyl groups excluding tert-OH is 1. The Morgan fingerprint density at radius 3 is 2.75 bits per heavy atom. The third-order valence-corrected chi connectivity index (χ3v) is 2.70. The average Bonchev–Trinajstić information content (AvgIpc) is 2.49. The van der Waals surface area contributed by atoms with Gasteiger partial charge in [0.15, 0.2) is 0 Å². The first-order valence-electron chi connectivity index (χ1n) is 4.96. The second-order valence-corrected chi connectivity index (χ2v) is 3.71. The maximum absolute atomic E-state index is 11.8. The lowest BCUT2D eigenvalue weighted by Gasteiger charge is -2.07. The minimum absolute atomic E-state index is 0.128. The SMILES string of the molecule is Cc1c2c(=O)n(C)[nH]c2cc(=O)n1CCO. The summed E-state index contributed by atoms with van der Waals surface area (Å²) in [6.45, 7) is 1.78. The van der Waals surface area contributed by atoms with Crippen molar-refractivity contribution in [2.75, 3.05) is 6.61 Å². The van der Waals surface area contributed by atoms with Crippen LogP contribution in [0.2, 0.25) is 0 Å². The van der Waals surface area contributed by atoms with Gasteiger partial charge in [-0.25, -0.2) is 0 Å². The molecule has 0 saturated carbocycles. The van der Waals surface area contributed by atoms with Gasteiger partial charge in [0, 0.05) is 25.4 Å². The number of aromatic nitrogens is 3. The number of fused-ring (bicyclic) bond motifs is 1. The number of H-pyrrole nitrogens is 1. The third kappa shape index (κ3) is 1.38. The first kappa shape index (κ1) is 10.7. The molecule has 16 heavy (non-hydrogen) atoms. The van der Waals surface area contributed by atoms with E-state index in [4.69, 9.17) is 5.11 Å². The normalized spacial score (nSPS) is 11.2.